The Kier molecular flexibility index (Phi) is 3.85. The maximum atomic E-state index is 5.47. The predicted octanol–water partition coefficient (Wildman–Crippen LogP) is 1.68. The van der Waals surface area contributed by atoms with Gasteiger partial charge in [-0.3, -0.25) is 0 Å². The van der Waals surface area contributed by atoms with E-state index in [-0.39, 0.29) is 6.10 Å². The van der Waals surface area contributed by atoms with Gasteiger partial charge in [-0.2, -0.15) is 0 Å². The number of rotatable bonds is 6. The van der Waals surface area contributed by atoms with Crippen molar-refractivity contribution in [3.8, 4) is 0 Å². The Bertz CT molecular complexity index is 339. The molecular formula is C12H19N3O. The second-order valence-corrected chi connectivity index (χ2v) is 4.18. The van der Waals surface area contributed by atoms with Gasteiger partial charge in [0.25, 0.3) is 0 Å². The number of hydrogen-bond donors (Lipinski definition) is 1. The van der Waals surface area contributed by atoms with Crippen molar-refractivity contribution in [2.75, 3.05) is 13.7 Å². The van der Waals surface area contributed by atoms with Gasteiger partial charge in [-0.25, -0.2) is 9.97 Å². The van der Waals surface area contributed by atoms with Crippen LogP contribution < -0.4 is 5.32 Å². The van der Waals surface area contributed by atoms with Crippen LogP contribution >= 0.6 is 0 Å². The first-order valence-corrected chi connectivity index (χ1v) is 5.90. The van der Waals surface area contributed by atoms with Crippen LogP contribution in [0.3, 0.4) is 0 Å². The Morgan fingerprint density at radius 1 is 1.56 bits per heavy atom. The van der Waals surface area contributed by atoms with Gasteiger partial charge < -0.3 is 10.1 Å². The van der Waals surface area contributed by atoms with Crippen LogP contribution in [0.15, 0.2) is 12.3 Å². The fourth-order valence-electron chi connectivity index (χ4n) is 1.81. The topological polar surface area (TPSA) is 47.0 Å². The van der Waals surface area contributed by atoms with Gasteiger partial charge in [-0.05, 0) is 31.4 Å². The number of aromatic nitrogens is 2. The second kappa shape index (κ2) is 5.37. The lowest BCUT2D eigenvalue weighted by molar-refractivity contribution is 0.0770. The molecule has 1 aromatic rings. The summed E-state index contributed by atoms with van der Waals surface area (Å²) in [5.41, 5.74) is 1.04. The van der Waals surface area contributed by atoms with Gasteiger partial charge in [0, 0.05) is 19.9 Å². The molecule has 0 aromatic carbocycles. The van der Waals surface area contributed by atoms with Crippen LogP contribution in [0.25, 0.3) is 0 Å². The molecule has 1 saturated carbocycles. The minimum Gasteiger partial charge on any atom is -0.373 e. The first-order chi connectivity index (χ1) is 7.85. The van der Waals surface area contributed by atoms with E-state index in [9.17, 15) is 0 Å². The lowest BCUT2D eigenvalue weighted by atomic mass is 10.2. The molecule has 1 unspecified atom stereocenters. The average Bonchev–Trinajstić information content (AvgIpc) is 3.12. The van der Waals surface area contributed by atoms with E-state index in [0.29, 0.717) is 5.92 Å². The van der Waals surface area contributed by atoms with Crippen molar-refractivity contribution in [1.29, 1.82) is 0 Å². The van der Waals surface area contributed by atoms with E-state index in [2.05, 4.69) is 22.2 Å². The zero-order valence-electron chi connectivity index (χ0n) is 9.94. The third-order valence-corrected chi connectivity index (χ3v) is 2.85. The van der Waals surface area contributed by atoms with E-state index in [4.69, 9.17) is 4.74 Å². The lowest BCUT2D eigenvalue weighted by Gasteiger charge is -2.13. The third-order valence-electron chi connectivity index (χ3n) is 2.85. The standard InChI is InChI=1S/C12H19N3O/c1-3-13-8-10-6-7-14-12(15-10)11(16-2)9-4-5-9/h6-7,9,11,13H,3-5,8H2,1-2H3. The van der Waals surface area contributed by atoms with Crippen molar-refractivity contribution >= 4 is 0 Å². The Labute approximate surface area is 96.4 Å². The molecule has 0 saturated heterocycles. The maximum absolute atomic E-state index is 5.47. The molecule has 0 spiro atoms. The number of nitrogens with one attached hydrogen (secondary N) is 1. The summed E-state index contributed by atoms with van der Waals surface area (Å²) in [6.45, 7) is 3.84. The molecular weight excluding hydrogens is 202 g/mol. The van der Waals surface area contributed by atoms with Crippen molar-refractivity contribution < 1.29 is 4.74 Å². The molecule has 2 rings (SSSR count). The second-order valence-electron chi connectivity index (χ2n) is 4.18. The van der Waals surface area contributed by atoms with Gasteiger partial charge >= 0.3 is 0 Å². The minimum atomic E-state index is 0.0848. The summed E-state index contributed by atoms with van der Waals surface area (Å²) in [6, 6.07) is 1.95. The third kappa shape index (κ3) is 2.77. The van der Waals surface area contributed by atoms with Gasteiger partial charge in [0.1, 0.15) is 6.10 Å². The van der Waals surface area contributed by atoms with Crippen molar-refractivity contribution in [2.24, 2.45) is 5.92 Å². The highest BCUT2D eigenvalue weighted by Crippen LogP contribution is 2.41. The molecule has 1 aliphatic carbocycles. The molecule has 1 aliphatic rings. The molecule has 4 heteroatoms. The highest BCUT2D eigenvalue weighted by molar-refractivity contribution is 5.06. The molecule has 0 bridgehead atoms. The summed E-state index contributed by atoms with van der Waals surface area (Å²) in [6.07, 6.45) is 4.38. The van der Waals surface area contributed by atoms with Gasteiger partial charge in [-0.1, -0.05) is 6.92 Å². The van der Waals surface area contributed by atoms with Crippen molar-refractivity contribution in [3.63, 3.8) is 0 Å². The molecule has 1 atom stereocenters. The predicted molar refractivity (Wildman–Crippen MR) is 61.9 cm³/mol. The number of nitrogens with zero attached hydrogens (tertiary/aromatic N) is 2. The number of ether oxygens (including phenoxy) is 1. The smallest absolute Gasteiger partial charge is 0.157 e. The zero-order valence-corrected chi connectivity index (χ0v) is 9.94. The van der Waals surface area contributed by atoms with Crippen LogP contribution in [-0.2, 0) is 11.3 Å². The fourth-order valence-corrected chi connectivity index (χ4v) is 1.81. The van der Waals surface area contributed by atoms with Crippen molar-refractivity contribution in [1.82, 2.24) is 15.3 Å². The summed E-state index contributed by atoms with van der Waals surface area (Å²) < 4.78 is 5.47. The Morgan fingerprint density at radius 2 is 2.38 bits per heavy atom. The van der Waals surface area contributed by atoms with Crippen molar-refractivity contribution in [2.45, 2.75) is 32.4 Å². The van der Waals surface area contributed by atoms with Crippen LogP contribution in [0.2, 0.25) is 0 Å². The Hall–Kier alpha value is -1.00. The molecule has 4 nitrogen and oxygen atoms in total. The highest BCUT2D eigenvalue weighted by atomic mass is 16.5. The van der Waals surface area contributed by atoms with Crippen LogP contribution in [0.5, 0.6) is 0 Å². The SMILES string of the molecule is CCNCc1ccnc(C(OC)C2CC2)n1. The van der Waals surface area contributed by atoms with E-state index in [0.717, 1.165) is 24.6 Å². The van der Waals surface area contributed by atoms with E-state index < -0.39 is 0 Å². The normalized spacial score (nSPS) is 17.4. The number of methoxy groups -OCH3 is 1. The monoisotopic (exact) mass is 221 g/mol. The molecule has 1 aromatic heterocycles. The summed E-state index contributed by atoms with van der Waals surface area (Å²) in [7, 11) is 1.74. The first kappa shape index (κ1) is 11.5. The van der Waals surface area contributed by atoms with E-state index in [1.54, 1.807) is 7.11 Å². The van der Waals surface area contributed by atoms with Crippen LogP contribution in [0.4, 0.5) is 0 Å². The molecule has 0 amide bonds. The maximum Gasteiger partial charge on any atom is 0.157 e. The van der Waals surface area contributed by atoms with Gasteiger partial charge in [0.2, 0.25) is 0 Å². The summed E-state index contributed by atoms with van der Waals surface area (Å²) in [5, 5.41) is 3.26. The highest BCUT2D eigenvalue weighted by Gasteiger charge is 2.34. The van der Waals surface area contributed by atoms with E-state index in [1.165, 1.54) is 12.8 Å². The molecule has 0 radical (unpaired) electrons. The first-order valence-electron chi connectivity index (χ1n) is 5.90. The molecule has 1 N–H and O–H groups in total. The summed E-state index contributed by atoms with van der Waals surface area (Å²) >= 11 is 0. The van der Waals surface area contributed by atoms with Crippen LogP contribution in [-0.4, -0.2) is 23.6 Å². The molecule has 88 valence electrons. The lowest BCUT2D eigenvalue weighted by Crippen LogP contribution is -2.15. The fraction of sp³-hybridized carbons (Fsp3) is 0.667. The Morgan fingerprint density at radius 3 is 3.00 bits per heavy atom. The van der Waals surface area contributed by atoms with E-state index in [1.807, 2.05) is 12.3 Å². The Balaban J connectivity index is 2.07. The minimum absolute atomic E-state index is 0.0848. The van der Waals surface area contributed by atoms with Crippen LogP contribution in [0.1, 0.15) is 37.4 Å². The van der Waals surface area contributed by atoms with Crippen molar-refractivity contribution in [3.05, 3.63) is 23.8 Å². The quantitative estimate of drug-likeness (QED) is 0.794. The van der Waals surface area contributed by atoms with Gasteiger partial charge in [0.15, 0.2) is 5.82 Å². The summed E-state index contributed by atoms with van der Waals surface area (Å²) in [5.74, 6) is 1.46. The van der Waals surface area contributed by atoms with Gasteiger partial charge in [-0.15, -0.1) is 0 Å². The largest absolute Gasteiger partial charge is 0.373 e. The molecule has 0 aliphatic heterocycles. The zero-order chi connectivity index (χ0) is 11.4. The average molecular weight is 221 g/mol. The molecule has 1 fully saturated rings. The number of hydrogen-bond acceptors (Lipinski definition) is 4. The summed E-state index contributed by atoms with van der Waals surface area (Å²) in [4.78, 5) is 8.86. The van der Waals surface area contributed by atoms with E-state index >= 15 is 0 Å². The molecule has 16 heavy (non-hydrogen) atoms. The van der Waals surface area contributed by atoms with Crippen LogP contribution in [0, 0.1) is 5.92 Å². The molecule has 1 heterocycles. The van der Waals surface area contributed by atoms with Gasteiger partial charge in [0.05, 0.1) is 5.69 Å².